The third kappa shape index (κ3) is 2.47. The topological polar surface area (TPSA) is 64.7 Å². The Bertz CT molecular complexity index is 839. The lowest BCUT2D eigenvalue weighted by molar-refractivity contribution is 0.0945. The van der Waals surface area contributed by atoms with Crippen LogP contribution in [0.25, 0.3) is 11.0 Å². The summed E-state index contributed by atoms with van der Waals surface area (Å²) in [5, 5.41) is 7.07. The number of benzene rings is 1. The van der Waals surface area contributed by atoms with Gasteiger partial charge in [0.2, 0.25) is 0 Å². The molecule has 22 heavy (non-hydrogen) atoms. The molecule has 1 amide bonds. The molecule has 1 N–H and O–H groups in total. The van der Waals surface area contributed by atoms with E-state index in [9.17, 15) is 4.79 Å². The van der Waals surface area contributed by atoms with Gasteiger partial charge in [0, 0.05) is 26.3 Å². The number of nitrogens with one attached hydrogen (secondary N) is 1. The Morgan fingerprint density at radius 1 is 1.23 bits per heavy atom. The summed E-state index contributed by atoms with van der Waals surface area (Å²) in [5.41, 5.74) is 4.45. The van der Waals surface area contributed by atoms with Crippen LogP contribution in [0.4, 0.5) is 0 Å². The van der Waals surface area contributed by atoms with Crippen molar-refractivity contribution in [3.8, 4) is 0 Å². The molecule has 3 aromatic rings. The van der Waals surface area contributed by atoms with Gasteiger partial charge in [0.1, 0.15) is 11.5 Å². The molecule has 0 unspecified atom stereocenters. The molecule has 3 rings (SSSR count). The highest BCUT2D eigenvalue weighted by Gasteiger charge is 2.11. The van der Waals surface area contributed by atoms with Crippen LogP contribution >= 0.6 is 0 Å². The average molecular weight is 297 g/mol. The fraction of sp³-hybridized carbons (Fsp3) is 0.312. The summed E-state index contributed by atoms with van der Waals surface area (Å²) < 4.78 is 3.74. The van der Waals surface area contributed by atoms with Gasteiger partial charge in [-0.05, 0) is 37.6 Å². The van der Waals surface area contributed by atoms with Gasteiger partial charge in [-0.25, -0.2) is 4.98 Å². The van der Waals surface area contributed by atoms with Crippen LogP contribution < -0.4 is 5.32 Å². The summed E-state index contributed by atoms with van der Waals surface area (Å²) >= 11 is 0. The molecule has 1 aromatic carbocycles. The van der Waals surface area contributed by atoms with Gasteiger partial charge < -0.3 is 9.88 Å². The Morgan fingerprint density at radius 3 is 2.68 bits per heavy atom. The maximum atomic E-state index is 12.1. The summed E-state index contributed by atoms with van der Waals surface area (Å²) in [6.45, 7) is 4.35. The first-order valence-electron chi connectivity index (χ1n) is 7.16. The number of nitrogens with zero attached hydrogens (tertiary/aromatic N) is 4. The molecule has 0 fully saturated rings. The van der Waals surface area contributed by atoms with E-state index in [-0.39, 0.29) is 5.91 Å². The molecule has 0 aliphatic carbocycles. The number of fused-ring (bicyclic) bond motifs is 1. The Labute approximate surface area is 128 Å². The minimum atomic E-state index is -0.166. The maximum absolute atomic E-state index is 12.1. The molecule has 2 aromatic heterocycles. The minimum absolute atomic E-state index is 0.166. The number of hydrogen-bond acceptors (Lipinski definition) is 3. The summed E-state index contributed by atoms with van der Waals surface area (Å²) in [6, 6.07) is 7.82. The van der Waals surface area contributed by atoms with Gasteiger partial charge in [-0.2, -0.15) is 5.10 Å². The van der Waals surface area contributed by atoms with Crippen molar-refractivity contribution < 1.29 is 4.79 Å². The van der Waals surface area contributed by atoms with Gasteiger partial charge in [-0.15, -0.1) is 0 Å². The maximum Gasteiger partial charge on any atom is 0.272 e. The standard InChI is InChI=1S/C16H19N5O/c1-10-7-14(19-21(10)4)16(22)17-9-12-5-6-15-13(8-12)18-11(2)20(15)3/h5-8H,9H2,1-4H3,(H,17,22). The molecule has 0 aliphatic rings. The van der Waals surface area contributed by atoms with Crippen LogP contribution in [0.15, 0.2) is 24.3 Å². The monoisotopic (exact) mass is 297 g/mol. The second kappa shape index (κ2) is 5.29. The van der Waals surface area contributed by atoms with Gasteiger partial charge in [0.15, 0.2) is 0 Å². The lowest BCUT2D eigenvalue weighted by Gasteiger charge is -2.04. The summed E-state index contributed by atoms with van der Waals surface area (Å²) in [6.07, 6.45) is 0. The van der Waals surface area contributed by atoms with E-state index in [1.807, 2.05) is 50.7 Å². The zero-order valence-corrected chi connectivity index (χ0v) is 13.2. The van der Waals surface area contributed by atoms with Crippen LogP contribution in [0.2, 0.25) is 0 Å². The van der Waals surface area contributed by atoms with Crippen LogP contribution in [0.1, 0.15) is 27.6 Å². The molecule has 2 heterocycles. The summed E-state index contributed by atoms with van der Waals surface area (Å²) in [4.78, 5) is 16.6. The number of aromatic nitrogens is 4. The largest absolute Gasteiger partial charge is 0.347 e. The molecule has 0 spiro atoms. The SMILES string of the molecule is Cc1cc(C(=O)NCc2ccc3c(c2)nc(C)n3C)nn1C. The first-order valence-corrected chi connectivity index (χ1v) is 7.16. The fourth-order valence-electron chi connectivity index (χ4n) is 2.42. The highest BCUT2D eigenvalue weighted by atomic mass is 16.1. The normalized spacial score (nSPS) is 11.1. The number of carbonyl (C=O) groups is 1. The molecular formula is C16H19N5O. The van der Waals surface area contributed by atoms with E-state index in [0.717, 1.165) is 28.1 Å². The van der Waals surface area contributed by atoms with E-state index in [2.05, 4.69) is 15.4 Å². The van der Waals surface area contributed by atoms with Crippen molar-refractivity contribution in [3.05, 3.63) is 47.0 Å². The quantitative estimate of drug-likeness (QED) is 0.802. The lowest BCUT2D eigenvalue weighted by atomic mass is 10.2. The summed E-state index contributed by atoms with van der Waals surface area (Å²) in [7, 11) is 3.82. The second-order valence-corrected chi connectivity index (χ2v) is 5.52. The number of carbonyl (C=O) groups excluding carboxylic acids is 1. The molecule has 0 aliphatic heterocycles. The summed E-state index contributed by atoms with van der Waals surface area (Å²) in [5.74, 6) is 0.807. The van der Waals surface area contributed by atoms with Crippen molar-refractivity contribution in [1.82, 2.24) is 24.6 Å². The van der Waals surface area contributed by atoms with Crippen molar-refractivity contribution in [2.24, 2.45) is 14.1 Å². The van der Waals surface area contributed by atoms with Gasteiger partial charge >= 0.3 is 0 Å². The van der Waals surface area contributed by atoms with E-state index in [1.165, 1.54) is 0 Å². The van der Waals surface area contributed by atoms with Crippen LogP contribution in [0.3, 0.4) is 0 Å². The van der Waals surface area contributed by atoms with Crippen molar-refractivity contribution >= 4 is 16.9 Å². The Balaban J connectivity index is 1.74. The predicted molar refractivity (Wildman–Crippen MR) is 84.6 cm³/mol. The third-order valence-electron chi connectivity index (χ3n) is 3.97. The first-order chi connectivity index (χ1) is 10.5. The molecule has 0 atom stereocenters. The number of hydrogen-bond donors (Lipinski definition) is 1. The van der Waals surface area contributed by atoms with Crippen molar-refractivity contribution in [2.45, 2.75) is 20.4 Å². The molecule has 114 valence electrons. The van der Waals surface area contributed by atoms with Gasteiger partial charge in [-0.1, -0.05) is 6.07 Å². The zero-order chi connectivity index (χ0) is 15.9. The number of aryl methyl sites for hydroxylation is 4. The highest BCUT2D eigenvalue weighted by Crippen LogP contribution is 2.16. The highest BCUT2D eigenvalue weighted by molar-refractivity contribution is 5.92. The van der Waals surface area contributed by atoms with Crippen molar-refractivity contribution in [2.75, 3.05) is 0 Å². The molecule has 0 saturated carbocycles. The second-order valence-electron chi connectivity index (χ2n) is 5.52. The first kappa shape index (κ1) is 14.3. The lowest BCUT2D eigenvalue weighted by Crippen LogP contribution is -2.23. The van der Waals surface area contributed by atoms with E-state index < -0.39 is 0 Å². The number of amides is 1. The molecule has 6 nitrogen and oxygen atoms in total. The Hall–Kier alpha value is -2.63. The third-order valence-corrected chi connectivity index (χ3v) is 3.97. The van der Waals surface area contributed by atoms with Crippen LogP contribution in [0, 0.1) is 13.8 Å². The Morgan fingerprint density at radius 2 is 2.00 bits per heavy atom. The molecule has 6 heteroatoms. The van der Waals surface area contributed by atoms with Gasteiger partial charge in [0.05, 0.1) is 11.0 Å². The van der Waals surface area contributed by atoms with Crippen LogP contribution in [-0.2, 0) is 20.6 Å². The van der Waals surface area contributed by atoms with E-state index in [1.54, 1.807) is 10.7 Å². The predicted octanol–water partition coefficient (Wildman–Crippen LogP) is 1.85. The van der Waals surface area contributed by atoms with Crippen molar-refractivity contribution in [1.29, 1.82) is 0 Å². The molecule has 0 bridgehead atoms. The zero-order valence-electron chi connectivity index (χ0n) is 13.2. The number of rotatable bonds is 3. The van der Waals surface area contributed by atoms with Crippen LogP contribution in [-0.4, -0.2) is 25.2 Å². The fourth-order valence-corrected chi connectivity index (χ4v) is 2.42. The Kier molecular flexibility index (Phi) is 3.44. The molecule has 0 radical (unpaired) electrons. The van der Waals surface area contributed by atoms with Crippen LogP contribution in [0.5, 0.6) is 0 Å². The molecule has 0 saturated heterocycles. The van der Waals surface area contributed by atoms with E-state index in [0.29, 0.717) is 12.2 Å². The average Bonchev–Trinajstić information content (AvgIpc) is 2.97. The van der Waals surface area contributed by atoms with Crippen molar-refractivity contribution in [3.63, 3.8) is 0 Å². The van der Waals surface area contributed by atoms with Gasteiger partial charge in [0.25, 0.3) is 5.91 Å². The van der Waals surface area contributed by atoms with E-state index >= 15 is 0 Å². The minimum Gasteiger partial charge on any atom is -0.347 e. The smallest absolute Gasteiger partial charge is 0.272 e. The van der Waals surface area contributed by atoms with E-state index in [4.69, 9.17) is 0 Å². The van der Waals surface area contributed by atoms with Gasteiger partial charge in [-0.3, -0.25) is 9.48 Å². The number of imidazole rings is 1. The molecular weight excluding hydrogens is 278 g/mol.